The topological polar surface area (TPSA) is 98.3 Å². The van der Waals surface area contributed by atoms with E-state index in [4.69, 9.17) is 5.73 Å². The standard InChI is InChI=1S/C12H17N3O3/c1-8(2)11(13)12(16)14-7-9-4-3-5-10(6-9)15(17)18/h3-6,8,11H,7,13H2,1-2H3,(H,14,16)/t11-/m1/s1. The van der Waals surface area contributed by atoms with Crippen molar-refractivity contribution >= 4 is 11.6 Å². The molecule has 18 heavy (non-hydrogen) atoms. The van der Waals surface area contributed by atoms with Crippen molar-refractivity contribution < 1.29 is 9.72 Å². The van der Waals surface area contributed by atoms with E-state index in [-0.39, 0.29) is 24.1 Å². The lowest BCUT2D eigenvalue weighted by Crippen LogP contribution is -2.43. The van der Waals surface area contributed by atoms with Crippen molar-refractivity contribution in [1.29, 1.82) is 0 Å². The van der Waals surface area contributed by atoms with Crippen molar-refractivity contribution in [3.63, 3.8) is 0 Å². The minimum Gasteiger partial charge on any atom is -0.351 e. The molecule has 0 radical (unpaired) electrons. The Bertz CT molecular complexity index is 446. The van der Waals surface area contributed by atoms with Gasteiger partial charge in [0.25, 0.3) is 5.69 Å². The number of hydrogen-bond acceptors (Lipinski definition) is 4. The maximum atomic E-state index is 11.6. The van der Waals surface area contributed by atoms with Crippen LogP contribution in [0.5, 0.6) is 0 Å². The molecule has 0 aromatic heterocycles. The Balaban J connectivity index is 2.61. The molecule has 1 aromatic rings. The first kappa shape index (κ1) is 14.1. The van der Waals surface area contributed by atoms with E-state index in [9.17, 15) is 14.9 Å². The molecule has 0 spiro atoms. The van der Waals surface area contributed by atoms with Crippen molar-refractivity contribution in [3.05, 3.63) is 39.9 Å². The number of hydrogen-bond donors (Lipinski definition) is 2. The molecule has 0 fully saturated rings. The van der Waals surface area contributed by atoms with Gasteiger partial charge < -0.3 is 11.1 Å². The summed E-state index contributed by atoms with van der Waals surface area (Å²) in [6, 6.07) is 5.58. The number of benzene rings is 1. The van der Waals surface area contributed by atoms with E-state index in [2.05, 4.69) is 5.32 Å². The van der Waals surface area contributed by atoms with E-state index in [1.165, 1.54) is 12.1 Å². The van der Waals surface area contributed by atoms with Crippen LogP contribution in [-0.2, 0) is 11.3 Å². The van der Waals surface area contributed by atoms with Gasteiger partial charge in [0.2, 0.25) is 5.91 Å². The van der Waals surface area contributed by atoms with Crippen molar-refractivity contribution in [2.45, 2.75) is 26.4 Å². The third-order valence-electron chi connectivity index (χ3n) is 2.61. The molecule has 0 saturated carbocycles. The Morgan fingerprint density at radius 2 is 2.17 bits per heavy atom. The molecule has 0 unspecified atom stereocenters. The van der Waals surface area contributed by atoms with Crippen LogP contribution in [0.2, 0.25) is 0 Å². The molecule has 1 atom stereocenters. The molecule has 0 bridgehead atoms. The largest absolute Gasteiger partial charge is 0.351 e. The fourth-order valence-electron chi connectivity index (χ4n) is 1.39. The molecule has 6 heteroatoms. The van der Waals surface area contributed by atoms with Crippen molar-refractivity contribution in [2.75, 3.05) is 0 Å². The summed E-state index contributed by atoms with van der Waals surface area (Å²) in [5.74, 6) is -0.202. The number of carbonyl (C=O) groups excluding carboxylic acids is 1. The Hall–Kier alpha value is -1.95. The molecule has 0 aliphatic heterocycles. The predicted molar refractivity (Wildman–Crippen MR) is 67.8 cm³/mol. The lowest BCUT2D eigenvalue weighted by Gasteiger charge is -2.15. The first-order valence-corrected chi connectivity index (χ1v) is 5.68. The van der Waals surface area contributed by atoms with Gasteiger partial charge in [-0.05, 0) is 11.5 Å². The molecule has 0 aliphatic rings. The Morgan fingerprint density at radius 3 is 2.72 bits per heavy atom. The highest BCUT2D eigenvalue weighted by Crippen LogP contribution is 2.12. The highest BCUT2D eigenvalue weighted by atomic mass is 16.6. The van der Waals surface area contributed by atoms with E-state index >= 15 is 0 Å². The maximum Gasteiger partial charge on any atom is 0.269 e. The second-order valence-corrected chi connectivity index (χ2v) is 4.41. The summed E-state index contributed by atoms with van der Waals surface area (Å²) in [5, 5.41) is 13.2. The zero-order valence-corrected chi connectivity index (χ0v) is 10.4. The number of non-ortho nitro benzene ring substituents is 1. The normalized spacial score (nSPS) is 12.2. The molecule has 0 saturated heterocycles. The summed E-state index contributed by atoms with van der Waals surface area (Å²) < 4.78 is 0. The number of amides is 1. The van der Waals surface area contributed by atoms with E-state index in [0.29, 0.717) is 5.56 Å². The number of nitrogens with two attached hydrogens (primary N) is 1. The van der Waals surface area contributed by atoms with Crippen LogP contribution in [0.4, 0.5) is 5.69 Å². The van der Waals surface area contributed by atoms with Crippen LogP contribution in [-0.4, -0.2) is 16.9 Å². The van der Waals surface area contributed by atoms with Gasteiger partial charge in [0.05, 0.1) is 11.0 Å². The molecule has 0 heterocycles. The summed E-state index contributed by atoms with van der Waals surface area (Å²) in [7, 11) is 0. The predicted octanol–water partition coefficient (Wildman–Crippen LogP) is 1.19. The lowest BCUT2D eigenvalue weighted by molar-refractivity contribution is -0.384. The van der Waals surface area contributed by atoms with E-state index in [0.717, 1.165) is 0 Å². The Labute approximate surface area is 105 Å². The summed E-state index contributed by atoms with van der Waals surface area (Å²) in [5.41, 5.74) is 6.37. The van der Waals surface area contributed by atoms with Gasteiger partial charge in [-0.3, -0.25) is 14.9 Å². The van der Waals surface area contributed by atoms with Crippen molar-refractivity contribution in [3.8, 4) is 0 Å². The lowest BCUT2D eigenvalue weighted by atomic mass is 10.0. The van der Waals surface area contributed by atoms with Gasteiger partial charge in [-0.1, -0.05) is 26.0 Å². The Morgan fingerprint density at radius 1 is 1.50 bits per heavy atom. The minimum absolute atomic E-state index is 0.00917. The second-order valence-electron chi connectivity index (χ2n) is 4.41. The zero-order chi connectivity index (χ0) is 13.7. The van der Waals surface area contributed by atoms with Crippen molar-refractivity contribution in [2.24, 2.45) is 11.7 Å². The molecular weight excluding hydrogens is 234 g/mol. The SMILES string of the molecule is CC(C)[C@@H](N)C(=O)NCc1cccc([N+](=O)[O-])c1. The average molecular weight is 251 g/mol. The van der Waals surface area contributed by atoms with Gasteiger partial charge in [0, 0.05) is 18.7 Å². The fourth-order valence-corrected chi connectivity index (χ4v) is 1.39. The first-order chi connectivity index (χ1) is 8.41. The number of nitro benzene ring substituents is 1. The molecule has 1 aromatic carbocycles. The van der Waals surface area contributed by atoms with Gasteiger partial charge in [0.15, 0.2) is 0 Å². The van der Waals surface area contributed by atoms with Crippen LogP contribution in [0, 0.1) is 16.0 Å². The summed E-state index contributed by atoms with van der Waals surface area (Å²) in [4.78, 5) is 21.7. The summed E-state index contributed by atoms with van der Waals surface area (Å²) >= 11 is 0. The molecule has 98 valence electrons. The monoisotopic (exact) mass is 251 g/mol. The first-order valence-electron chi connectivity index (χ1n) is 5.68. The van der Waals surface area contributed by atoms with E-state index in [1.807, 2.05) is 13.8 Å². The van der Waals surface area contributed by atoms with E-state index < -0.39 is 11.0 Å². The Kier molecular flexibility index (Phi) is 4.79. The molecule has 1 rings (SSSR count). The zero-order valence-electron chi connectivity index (χ0n) is 10.4. The smallest absolute Gasteiger partial charge is 0.269 e. The second kappa shape index (κ2) is 6.11. The van der Waals surface area contributed by atoms with Gasteiger partial charge >= 0.3 is 0 Å². The third kappa shape index (κ3) is 3.81. The third-order valence-corrected chi connectivity index (χ3v) is 2.61. The number of rotatable bonds is 5. The van der Waals surface area contributed by atoms with Crippen LogP contribution in [0.15, 0.2) is 24.3 Å². The molecular formula is C12H17N3O3. The van der Waals surface area contributed by atoms with Crippen LogP contribution in [0.25, 0.3) is 0 Å². The summed E-state index contributed by atoms with van der Waals surface area (Å²) in [6.07, 6.45) is 0. The number of nitrogens with one attached hydrogen (secondary N) is 1. The fraction of sp³-hybridized carbons (Fsp3) is 0.417. The molecule has 6 nitrogen and oxygen atoms in total. The molecule has 1 amide bonds. The minimum atomic E-state index is -0.566. The van der Waals surface area contributed by atoms with Gasteiger partial charge in [0.1, 0.15) is 0 Å². The van der Waals surface area contributed by atoms with Crippen LogP contribution in [0.3, 0.4) is 0 Å². The van der Waals surface area contributed by atoms with E-state index in [1.54, 1.807) is 12.1 Å². The quantitative estimate of drug-likeness (QED) is 0.606. The number of nitrogens with zero attached hydrogens (tertiary/aromatic N) is 1. The number of carbonyl (C=O) groups is 1. The van der Waals surface area contributed by atoms with Crippen molar-refractivity contribution in [1.82, 2.24) is 5.32 Å². The highest BCUT2D eigenvalue weighted by molar-refractivity contribution is 5.81. The van der Waals surface area contributed by atoms with Gasteiger partial charge in [-0.15, -0.1) is 0 Å². The van der Waals surface area contributed by atoms with Gasteiger partial charge in [-0.2, -0.15) is 0 Å². The van der Waals surface area contributed by atoms with Gasteiger partial charge in [-0.25, -0.2) is 0 Å². The maximum absolute atomic E-state index is 11.6. The average Bonchev–Trinajstić information content (AvgIpc) is 2.35. The van der Waals surface area contributed by atoms with Crippen LogP contribution < -0.4 is 11.1 Å². The van der Waals surface area contributed by atoms with Crippen LogP contribution >= 0.6 is 0 Å². The molecule has 0 aliphatic carbocycles. The number of nitro groups is 1. The van der Waals surface area contributed by atoms with Crippen LogP contribution in [0.1, 0.15) is 19.4 Å². The molecule has 3 N–H and O–H groups in total. The summed E-state index contributed by atoms with van der Waals surface area (Å²) in [6.45, 7) is 3.95. The highest BCUT2D eigenvalue weighted by Gasteiger charge is 2.16.